The minimum Gasteiger partial charge on any atom is -0.482 e. The normalized spacial score (nSPS) is 18.7. The van der Waals surface area contributed by atoms with Gasteiger partial charge in [-0.15, -0.1) is 5.10 Å². The lowest BCUT2D eigenvalue weighted by atomic mass is 10.1. The predicted molar refractivity (Wildman–Crippen MR) is 71.3 cm³/mol. The Morgan fingerprint density at radius 3 is 2.84 bits per heavy atom. The van der Waals surface area contributed by atoms with Crippen molar-refractivity contribution in [3.63, 3.8) is 0 Å². The van der Waals surface area contributed by atoms with Crippen LogP contribution in [0.1, 0.15) is 31.2 Å². The molecule has 1 aliphatic heterocycles. The van der Waals surface area contributed by atoms with E-state index in [1.165, 1.54) is 12.1 Å². The largest absolute Gasteiger partial charge is 0.482 e. The number of benzene rings is 1. The van der Waals surface area contributed by atoms with E-state index in [-0.39, 0.29) is 11.9 Å². The Kier molecular flexibility index (Phi) is 3.50. The van der Waals surface area contributed by atoms with Crippen LogP contribution in [0.3, 0.4) is 0 Å². The molecule has 2 aromatic rings. The van der Waals surface area contributed by atoms with Crippen molar-refractivity contribution in [1.29, 1.82) is 0 Å². The number of fused-ring (bicyclic) bond motifs is 1. The number of aromatic nitrogens is 3. The lowest BCUT2D eigenvalue weighted by Gasteiger charge is -2.16. The number of halogens is 2. The van der Waals surface area contributed by atoms with Crippen molar-refractivity contribution in [3.05, 3.63) is 40.6 Å². The Labute approximate surface area is 118 Å². The monoisotopic (exact) mass is 325 g/mol. The molecule has 0 N–H and O–H groups in total. The van der Waals surface area contributed by atoms with Crippen LogP contribution in [0.2, 0.25) is 0 Å². The zero-order valence-corrected chi connectivity index (χ0v) is 11.8. The molecule has 1 aromatic carbocycles. The van der Waals surface area contributed by atoms with E-state index in [0.717, 1.165) is 31.6 Å². The van der Waals surface area contributed by atoms with Gasteiger partial charge in [0.25, 0.3) is 0 Å². The van der Waals surface area contributed by atoms with Crippen LogP contribution < -0.4 is 4.74 Å². The fourth-order valence-electron chi connectivity index (χ4n) is 2.24. The van der Waals surface area contributed by atoms with Gasteiger partial charge in [0.15, 0.2) is 11.9 Å². The van der Waals surface area contributed by atoms with Gasteiger partial charge in [0.1, 0.15) is 11.6 Å². The van der Waals surface area contributed by atoms with Gasteiger partial charge in [-0.3, -0.25) is 0 Å². The first-order valence-electron chi connectivity index (χ1n) is 6.25. The molecule has 1 aromatic heterocycles. The van der Waals surface area contributed by atoms with Gasteiger partial charge < -0.3 is 4.74 Å². The van der Waals surface area contributed by atoms with E-state index in [1.54, 1.807) is 12.1 Å². The Bertz CT molecular complexity index is 570. The van der Waals surface area contributed by atoms with Gasteiger partial charge in [0.2, 0.25) is 4.73 Å². The van der Waals surface area contributed by atoms with E-state index in [4.69, 9.17) is 4.74 Å². The third-order valence-corrected chi connectivity index (χ3v) is 3.48. The molecule has 2 heterocycles. The molecule has 0 spiro atoms. The van der Waals surface area contributed by atoms with E-state index >= 15 is 0 Å². The van der Waals surface area contributed by atoms with Crippen LogP contribution in [-0.4, -0.2) is 14.8 Å². The molecule has 100 valence electrons. The van der Waals surface area contributed by atoms with Gasteiger partial charge in [-0.2, -0.15) is 0 Å². The Hall–Kier alpha value is -1.43. The highest BCUT2D eigenvalue weighted by atomic mass is 79.9. The molecule has 0 radical (unpaired) electrons. The maximum absolute atomic E-state index is 12.9. The highest BCUT2D eigenvalue weighted by Gasteiger charge is 2.24. The molecule has 1 atom stereocenters. The Balaban J connectivity index is 1.85. The number of hydrogen-bond donors (Lipinski definition) is 0. The maximum atomic E-state index is 12.9. The molecule has 0 bridgehead atoms. The highest BCUT2D eigenvalue weighted by molar-refractivity contribution is 9.10. The zero-order valence-electron chi connectivity index (χ0n) is 10.2. The van der Waals surface area contributed by atoms with Crippen LogP contribution in [-0.2, 0) is 6.54 Å². The molecule has 19 heavy (non-hydrogen) atoms. The molecule has 0 saturated heterocycles. The van der Waals surface area contributed by atoms with E-state index in [9.17, 15) is 4.39 Å². The topological polar surface area (TPSA) is 39.9 Å². The average Bonchev–Trinajstić information content (AvgIpc) is 2.67. The quantitative estimate of drug-likeness (QED) is 0.848. The van der Waals surface area contributed by atoms with Crippen molar-refractivity contribution in [2.75, 3.05) is 0 Å². The molecule has 1 unspecified atom stereocenters. The number of rotatable bonds is 2. The SMILES string of the molecule is Fc1ccc(OC2CCCCn3nc(Br)nc32)cc1. The van der Waals surface area contributed by atoms with E-state index in [2.05, 4.69) is 26.0 Å². The first-order valence-corrected chi connectivity index (χ1v) is 7.04. The summed E-state index contributed by atoms with van der Waals surface area (Å²) in [5, 5.41) is 4.30. The van der Waals surface area contributed by atoms with Gasteiger partial charge in [-0.25, -0.2) is 14.1 Å². The minimum absolute atomic E-state index is 0.133. The molecule has 0 aliphatic carbocycles. The van der Waals surface area contributed by atoms with Crippen LogP contribution in [0.15, 0.2) is 29.0 Å². The molecule has 1 aliphatic rings. The third kappa shape index (κ3) is 2.78. The summed E-state index contributed by atoms with van der Waals surface area (Å²) in [6.45, 7) is 0.858. The van der Waals surface area contributed by atoms with Crippen molar-refractivity contribution in [3.8, 4) is 5.75 Å². The Morgan fingerprint density at radius 2 is 2.05 bits per heavy atom. The van der Waals surface area contributed by atoms with Gasteiger partial charge in [-0.05, 0) is 59.5 Å². The second-order valence-corrected chi connectivity index (χ2v) is 5.23. The van der Waals surface area contributed by atoms with E-state index in [0.29, 0.717) is 10.5 Å². The third-order valence-electron chi connectivity index (χ3n) is 3.14. The first kappa shape index (κ1) is 12.6. The Morgan fingerprint density at radius 1 is 1.26 bits per heavy atom. The minimum atomic E-state index is -0.265. The van der Waals surface area contributed by atoms with E-state index < -0.39 is 0 Å². The van der Waals surface area contributed by atoms with Gasteiger partial charge in [0, 0.05) is 6.54 Å². The summed E-state index contributed by atoms with van der Waals surface area (Å²) in [7, 11) is 0. The van der Waals surface area contributed by atoms with Crippen LogP contribution in [0.25, 0.3) is 0 Å². The van der Waals surface area contributed by atoms with Gasteiger partial charge in [0.05, 0.1) is 0 Å². The fourth-order valence-corrected chi connectivity index (χ4v) is 2.61. The summed E-state index contributed by atoms with van der Waals surface area (Å²) in [6.07, 6.45) is 2.88. The molecule has 6 heteroatoms. The predicted octanol–water partition coefficient (Wildman–Crippen LogP) is 3.48. The summed E-state index contributed by atoms with van der Waals surface area (Å²) in [6, 6.07) is 6.06. The molecular weight excluding hydrogens is 313 g/mol. The zero-order chi connectivity index (χ0) is 13.2. The average molecular weight is 326 g/mol. The summed E-state index contributed by atoms with van der Waals surface area (Å²) in [5.41, 5.74) is 0. The van der Waals surface area contributed by atoms with Crippen LogP contribution in [0.4, 0.5) is 4.39 Å². The van der Waals surface area contributed by atoms with Crippen molar-refractivity contribution >= 4 is 15.9 Å². The second kappa shape index (κ2) is 5.28. The van der Waals surface area contributed by atoms with Crippen molar-refractivity contribution in [2.24, 2.45) is 0 Å². The molecule has 0 amide bonds. The fraction of sp³-hybridized carbons (Fsp3) is 0.385. The standard InChI is InChI=1S/C13H13BrFN3O/c14-13-16-12-11(3-1-2-8-18(12)17-13)19-10-6-4-9(15)5-7-10/h4-7,11H,1-3,8H2. The number of aryl methyl sites for hydroxylation is 1. The second-order valence-electron chi connectivity index (χ2n) is 4.52. The number of hydrogen-bond acceptors (Lipinski definition) is 3. The van der Waals surface area contributed by atoms with E-state index in [1.807, 2.05) is 4.68 Å². The molecular formula is C13H13BrFN3O. The van der Waals surface area contributed by atoms with Crippen molar-refractivity contribution in [1.82, 2.24) is 14.8 Å². The summed E-state index contributed by atoms with van der Waals surface area (Å²) >= 11 is 3.29. The number of nitrogens with zero attached hydrogens (tertiary/aromatic N) is 3. The maximum Gasteiger partial charge on any atom is 0.217 e. The first-order chi connectivity index (χ1) is 9.22. The highest BCUT2D eigenvalue weighted by Crippen LogP contribution is 2.29. The summed E-state index contributed by atoms with van der Waals surface area (Å²) < 4.78 is 21.3. The molecule has 3 rings (SSSR count). The smallest absolute Gasteiger partial charge is 0.217 e. The summed E-state index contributed by atoms with van der Waals surface area (Å²) in [5.74, 6) is 1.21. The van der Waals surface area contributed by atoms with Crippen LogP contribution >= 0.6 is 15.9 Å². The van der Waals surface area contributed by atoms with Gasteiger partial charge >= 0.3 is 0 Å². The van der Waals surface area contributed by atoms with Crippen LogP contribution in [0, 0.1) is 5.82 Å². The lowest BCUT2D eigenvalue weighted by Crippen LogP contribution is -2.12. The molecule has 0 fully saturated rings. The number of ether oxygens (including phenoxy) is 1. The van der Waals surface area contributed by atoms with Crippen LogP contribution in [0.5, 0.6) is 5.75 Å². The molecule has 4 nitrogen and oxygen atoms in total. The molecule has 0 saturated carbocycles. The van der Waals surface area contributed by atoms with Gasteiger partial charge in [-0.1, -0.05) is 0 Å². The van der Waals surface area contributed by atoms with Crippen molar-refractivity contribution in [2.45, 2.75) is 31.9 Å². The summed E-state index contributed by atoms with van der Waals surface area (Å²) in [4.78, 5) is 4.38. The lowest BCUT2D eigenvalue weighted by molar-refractivity contribution is 0.183. The van der Waals surface area contributed by atoms with Crippen molar-refractivity contribution < 1.29 is 9.13 Å².